The van der Waals surface area contributed by atoms with Crippen LogP contribution in [0.25, 0.3) is 10.2 Å². The highest BCUT2D eigenvalue weighted by Gasteiger charge is 2.16. The van der Waals surface area contributed by atoms with E-state index >= 15 is 0 Å². The van der Waals surface area contributed by atoms with Crippen molar-refractivity contribution in [3.63, 3.8) is 0 Å². The van der Waals surface area contributed by atoms with Crippen LogP contribution in [0, 0.1) is 5.82 Å². The Kier molecular flexibility index (Phi) is 3.83. The molecule has 2 nitrogen and oxygen atoms in total. The van der Waals surface area contributed by atoms with Crippen LogP contribution in [0.2, 0.25) is 0 Å². The third kappa shape index (κ3) is 2.61. The van der Waals surface area contributed by atoms with E-state index in [1.54, 1.807) is 23.5 Å². The lowest BCUT2D eigenvalue weighted by molar-refractivity contribution is 0.177. The summed E-state index contributed by atoms with van der Waals surface area (Å²) in [5, 5.41) is 11.1. The second-order valence-electron chi connectivity index (χ2n) is 4.44. The summed E-state index contributed by atoms with van der Waals surface area (Å²) in [6.45, 7) is 0. The van der Waals surface area contributed by atoms with Gasteiger partial charge in [-0.25, -0.2) is 9.37 Å². The minimum atomic E-state index is -0.777. The van der Waals surface area contributed by atoms with Crippen LogP contribution in [0.3, 0.4) is 0 Å². The first kappa shape index (κ1) is 13.7. The van der Waals surface area contributed by atoms with Crippen molar-refractivity contribution >= 4 is 37.5 Å². The Hall–Kier alpha value is -1.30. The summed E-state index contributed by atoms with van der Waals surface area (Å²) in [4.78, 5) is 4.48. The van der Waals surface area contributed by atoms with E-state index in [-0.39, 0.29) is 5.82 Å². The normalized spacial score (nSPS) is 12.8. The van der Waals surface area contributed by atoms with E-state index in [2.05, 4.69) is 20.9 Å². The zero-order valence-electron chi connectivity index (χ0n) is 10.4. The number of hydrogen-bond donors (Lipinski definition) is 1. The van der Waals surface area contributed by atoms with Crippen molar-refractivity contribution in [2.24, 2.45) is 0 Å². The van der Waals surface area contributed by atoms with Crippen LogP contribution in [0.4, 0.5) is 4.39 Å². The molecule has 3 rings (SSSR count). The fraction of sp³-hybridized carbons (Fsp3) is 0.133. The SMILES string of the molecule is OC(Cc1nc2ccccc2s1)c1cccc(F)c1Br. The molecule has 0 aliphatic rings. The molecule has 0 saturated carbocycles. The topological polar surface area (TPSA) is 33.1 Å². The summed E-state index contributed by atoms with van der Waals surface area (Å²) in [5.74, 6) is -0.370. The van der Waals surface area contributed by atoms with E-state index in [4.69, 9.17) is 0 Å². The van der Waals surface area contributed by atoms with Gasteiger partial charge >= 0.3 is 0 Å². The van der Waals surface area contributed by atoms with Gasteiger partial charge in [0.15, 0.2) is 0 Å². The molecule has 2 aromatic carbocycles. The van der Waals surface area contributed by atoms with Crippen molar-refractivity contribution in [3.8, 4) is 0 Å². The summed E-state index contributed by atoms with van der Waals surface area (Å²) < 4.78 is 14.9. The molecule has 0 aliphatic heterocycles. The van der Waals surface area contributed by atoms with Crippen molar-refractivity contribution in [3.05, 3.63) is 63.3 Å². The van der Waals surface area contributed by atoms with Gasteiger partial charge in [-0.3, -0.25) is 0 Å². The predicted octanol–water partition coefficient (Wildman–Crippen LogP) is 4.47. The van der Waals surface area contributed by atoms with Crippen molar-refractivity contribution in [2.75, 3.05) is 0 Å². The highest BCUT2D eigenvalue weighted by Crippen LogP contribution is 2.30. The highest BCUT2D eigenvalue weighted by molar-refractivity contribution is 9.10. The number of aliphatic hydroxyl groups excluding tert-OH is 1. The second-order valence-corrected chi connectivity index (χ2v) is 6.35. The number of benzene rings is 2. The number of hydrogen-bond acceptors (Lipinski definition) is 3. The molecule has 1 N–H and O–H groups in total. The van der Waals surface area contributed by atoms with Gasteiger partial charge in [0.05, 0.1) is 25.8 Å². The van der Waals surface area contributed by atoms with Crippen molar-refractivity contribution in [1.29, 1.82) is 0 Å². The number of aliphatic hydroxyl groups is 1. The van der Waals surface area contributed by atoms with Gasteiger partial charge in [0.25, 0.3) is 0 Å². The standard InChI is InChI=1S/C15H11BrFNOS/c16-15-9(4-3-5-10(15)17)12(19)8-14-18-11-6-1-2-7-13(11)20-14/h1-7,12,19H,8H2. The largest absolute Gasteiger partial charge is 0.388 e. The summed E-state index contributed by atoms with van der Waals surface area (Å²) in [6.07, 6.45) is -0.401. The van der Waals surface area contributed by atoms with E-state index < -0.39 is 6.10 Å². The zero-order chi connectivity index (χ0) is 14.1. The minimum Gasteiger partial charge on any atom is -0.388 e. The number of halogens is 2. The molecule has 0 radical (unpaired) electrons. The minimum absolute atomic E-state index is 0.314. The molecule has 5 heteroatoms. The number of rotatable bonds is 3. The third-order valence-corrected chi connectivity index (χ3v) is 4.94. The van der Waals surface area contributed by atoms with Gasteiger partial charge in [0.1, 0.15) is 5.82 Å². The quantitative estimate of drug-likeness (QED) is 0.754. The van der Waals surface area contributed by atoms with Crippen LogP contribution in [0.15, 0.2) is 46.9 Å². The zero-order valence-corrected chi connectivity index (χ0v) is 12.8. The van der Waals surface area contributed by atoms with Gasteiger partial charge in [-0.05, 0) is 39.7 Å². The summed E-state index contributed by atoms with van der Waals surface area (Å²) in [7, 11) is 0. The Morgan fingerprint density at radius 1 is 1.20 bits per heavy atom. The van der Waals surface area contributed by atoms with Gasteiger partial charge in [-0.1, -0.05) is 24.3 Å². The molecule has 0 saturated heterocycles. The maximum atomic E-state index is 13.5. The van der Waals surface area contributed by atoms with Crippen LogP contribution >= 0.6 is 27.3 Å². The fourth-order valence-corrected chi connectivity index (χ4v) is 3.59. The summed E-state index contributed by atoms with van der Waals surface area (Å²) in [6, 6.07) is 12.5. The van der Waals surface area contributed by atoms with Gasteiger partial charge in [-0.2, -0.15) is 0 Å². The van der Waals surface area contributed by atoms with Crippen LogP contribution < -0.4 is 0 Å². The molecule has 0 bridgehead atoms. The third-order valence-electron chi connectivity index (χ3n) is 3.05. The smallest absolute Gasteiger partial charge is 0.137 e. The Morgan fingerprint density at radius 3 is 2.80 bits per heavy atom. The molecule has 0 amide bonds. The van der Waals surface area contributed by atoms with Gasteiger partial charge in [-0.15, -0.1) is 11.3 Å². The molecule has 3 aromatic rings. The van der Waals surface area contributed by atoms with Crippen molar-refractivity contribution in [2.45, 2.75) is 12.5 Å². The molecule has 1 unspecified atom stereocenters. The number of thiazole rings is 1. The molecule has 1 heterocycles. The number of fused-ring (bicyclic) bond motifs is 1. The molecule has 102 valence electrons. The van der Waals surface area contributed by atoms with E-state index in [0.717, 1.165) is 15.2 Å². The Morgan fingerprint density at radius 2 is 2.00 bits per heavy atom. The molecule has 20 heavy (non-hydrogen) atoms. The summed E-state index contributed by atoms with van der Waals surface area (Å²) >= 11 is 4.73. The first-order valence-corrected chi connectivity index (χ1v) is 7.72. The number of para-hydroxylation sites is 1. The maximum Gasteiger partial charge on any atom is 0.137 e. The monoisotopic (exact) mass is 351 g/mol. The molecule has 0 fully saturated rings. The van der Waals surface area contributed by atoms with Crippen LogP contribution in [-0.2, 0) is 6.42 Å². The Bertz CT molecular complexity index is 725. The average molecular weight is 352 g/mol. The number of nitrogens with zero attached hydrogens (tertiary/aromatic N) is 1. The maximum absolute atomic E-state index is 13.5. The lowest BCUT2D eigenvalue weighted by atomic mass is 10.1. The molecular weight excluding hydrogens is 341 g/mol. The molecule has 1 aromatic heterocycles. The first-order valence-electron chi connectivity index (χ1n) is 6.11. The molecule has 1 atom stereocenters. The predicted molar refractivity (Wildman–Crippen MR) is 82.4 cm³/mol. The van der Waals surface area contributed by atoms with Gasteiger partial charge in [0.2, 0.25) is 0 Å². The second kappa shape index (κ2) is 5.60. The van der Waals surface area contributed by atoms with E-state index in [0.29, 0.717) is 16.5 Å². The lowest BCUT2D eigenvalue weighted by Crippen LogP contribution is -2.03. The van der Waals surface area contributed by atoms with E-state index in [1.165, 1.54) is 6.07 Å². The van der Waals surface area contributed by atoms with Crippen molar-refractivity contribution < 1.29 is 9.50 Å². The Labute approximate surface area is 128 Å². The van der Waals surface area contributed by atoms with Crippen LogP contribution in [0.1, 0.15) is 16.7 Å². The molecule has 0 spiro atoms. The molecular formula is C15H11BrFNOS. The average Bonchev–Trinajstić information content (AvgIpc) is 2.83. The van der Waals surface area contributed by atoms with E-state index in [9.17, 15) is 9.50 Å². The number of aromatic nitrogens is 1. The van der Waals surface area contributed by atoms with Crippen LogP contribution in [-0.4, -0.2) is 10.1 Å². The lowest BCUT2D eigenvalue weighted by Gasteiger charge is -2.11. The molecule has 0 aliphatic carbocycles. The summed E-state index contributed by atoms with van der Waals surface area (Å²) in [5.41, 5.74) is 1.47. The van der Waals surface area contributed by atoms with Crippen molar-refractivity contribution in [1.82, 2.24) is 4.98 Å². The van der Waals surface area contributed by atoms with Gasteiger partial charge in [0, 0.05) is 6.42 Å². The fourth-order valence-electron chi connectivity index (χ4n) is 2.06. The first-order chi connectivity index (χ1) is 9.65. The Balaban J connectivity index is 1.88. The highest BCUT2D eigenvalue weighted by atomic mass is 79.9. The van der Waals surface area contributed by atoms with Crippen LogP contribution in [0.5, 0.6) is 0 Å². The van der Waals surface area contributed by atoms with E-state index in [1.807, 2.05) is 24.3 Å². The van der Waals surface area contributed by atoms with Gasteiger partial charge < -0.3 is 5.11 Å².